The molecule has 104 valence electrons. The molecule has 0 unspecified atom stereocenters. The molecular formula is C15H23N3O. The molecule has 1 rings (SSSR count). The molecule has 0 fully saturated rings. The highest BCUT2D eigenvalue weighted by atomic mass is 16.5. The minimum absolute atomic E-state index is 0.0908. The molecule has 0 amide bonds. The second-order valence-electron chi connectivity index (χ2n) is 5.28. The van der Waals surface area contributed by atoms with Crippen LogP contribution in [0.15, 0.2) is 41.9 Å². The first kappa shape index (κ1) is 15.1. The van der Waals surface area contributed by atoms with Gasteiger partial charge in [0, 0.05) is 11.1 Å². The molecule has 0 bridgehead atoms. The van der Waals surface area contributed by atoms with E-state index < -0.39 is 0 Å². The highest BCUT2D eigenvalue weighted by Crippen LogP contribution is 2.18. The van der Waals surface area contributed by atoms with Gasteiger partial charge in [-0.15, -0.1) is 0 Å². The molecule has 0 aliphatic heterocycles. The van der Waals surface area contributed by atoms with Crippen LogP contribution in [0.1, 0.15) is 26.3 Å². The van der Waals surface area contributed by atoms with Gasteiger partial charge in [-0.1, -0.05) is 30.9 Å². The predicted octanol–water partition coefficient (Wildman–Crippen LogP) is 2.45. The van der Waals surface area contributed by atoms with E-state index >= 15 is 0 Å². The Morgan fingerprint density at radius 1 is 1.42 bits per heavy atom. The Morgan fingerprint density at radius 3 is 2.74 bits per heavy atom. The Morgan fingerprint density at radius 2 is 2.11 bits per heavy atom. The van der Waals surface area contributed by atoms with Crippen LogP contribution in [0.2, 0.25) is 0 Å². The predicted molar refractivity (Wildman–Crippen MR) is 80.3 cm³/mol. The number of nitrogens with two attached hydrogens (primary N) is 1. The summed E-state index contributed by atoms with van der Waals surface area (Å²) >= 11 is 0. The number of aliphatic imine (C=N–C) groups is 1. The van der Waals surface area contributed by atoms with Crippen molar-refractivity contribution < 1.29 is 4.74 Å². The van der Waals surface area contributed by atoms with Gasteiger partial charge in [-0.3, -0.25) is 0 Å². The zero-order chi connectivity index (χ0) is 14.3. The minimum Gasteiger partial charge on any atom is -0.489 e. The fraction of sp³-hybridized carbons (Fsp3) is 0.400. The fourth-order valence-corrected chi connectivity index (χ4v) is 1.52. The van der Waals surface area contributed by atoms with Gasteiger partial charge in [0.25, 0.3) is 0 Å². The van der Waals surface area contributed by atoms with Crippen molar-refractivity contribution in [2.75, 3.05) is 6.61 Å². The Balaban J connectivity index is 2.71. The Labute approximate surface area is 115 Å². The third-order valence-corrected chi connectivity index (χ3v) is 2.25. The molecule has 0 aromatic heterocycles. The first-order valence-electron chi connectivity index (χ1n) is 6.32. The van der Waals surface area contributed by atoms with Crippen LogP contribution in [0.4, 0.5) is 0 Å². The van der Waals surface area contributed by atoms with Crippen molar-refractivity contribution in [2.24, 2.45) is 10.7 Å². The summed E-state index contributed by atoms with van der Waals surface area (Å²) in [6.07, 6.45) is 1.72. The molecule has 0 spiro atoms. The van der Waals surface area contributed by atoms with Crippen molar-refractivity contribution >= 4 is 5.96 Å². The van der Waals surface area contributed by atoms with Crippen molar-refractivity contribution in [3.05, 3.63) is 42.5 Å². The molecule has 0 aliphatic rings. The first-order chi connectivity index (χ1) is 8.92. The van der Waals surface area contributed by atoms with Crippen molar-refractivity contribution in [3.63, 3.8) is 0 Å². The molecule has 1 aromatic carbocycles. The lowest BCUT2D eigenvalue weighted by Gasteiger charge is -2.21. The zero-order valence-corrected chi connectivity index (χ0v) is 11.9. The number of guanidine groups is 1. The Hall–Kier alpha value is -1.97. The van der Waals surface area contributed by atoms with Crippen molar-refractivity contribution in [2.45, 2.75) is 32.9 Å². The van der Waals surface area contributed by atoms with Crippen molar-refractivity contribution in [3.8, 4) is 5.75 Å². The number of benzene rings is 1. The quantitative estimate of drug-likeness (QED) is 0.486. The highest BCUT2D eigenvalue weighted by molar-refractivity contribution is 5.78. The van der Waals surface area contributed by atoms with Crippen molar-refractivity contribution in [1.29, 1.82) is 0 Å². The average molecular weight is 261 g/mol. The molecule has 0 aliphatic carbocycles. The average Bonchev–Trinajstić information content (AvgIpc) is 2.32. The summed E-state index contributed by atoms with van der Waals surface area (Å²) in [5, 5.41) is 3.12. The zero-order valence-electron chi connectivity index (χ0n) is 11.9. The smallest absolute Gasteiger partial charge is 0.189 e. The van der Waals surface area contributed by atoms with E-state index in [2.05, 4.69) is 16.9 Å². The normalized spacial score (nSPS) is 12.1. The van der Waals surface area contributed by atoms with Gasteiger partial charge in [0.1, 0.15) is 12.4 Å². The second-order valence-corrected chi connectivity index (χ2v) is 5.28. The fourth-order valence-electron chi connectivity index (χ4n) is 1.52. The van der Waals surface area contributed by atoms with Gasteiger partial charge >= 0.3 is 0 Å². The summed E-state index contributed by atoms with van der Waals surface area (Å²) in [5.74, 6) is 1.25. The molecule has 0 saturated carbocycles. The number of rotatable bonds is 5. The molecule has 0 heterocycles. The molecule has 0 saturated heterocycles. The van der Waals surface area contributed by atoms with Gasteiger partial charge in [-0.2, -0.15) is 0 Å². The van der Waals surface area contributed by atoms with Gasteiger partial charge in [-0.05, 0) is 26.8 Å². The van der Waals surface area contributed by atoms with Crippen LogP contribution in [-0.4, -0.2) is 18.1 Å². The summed E-state index contributed by atoms with van der Waals surface area (Å²) in [6.45, 7) is 10.7. The van der Waals surface area contributed by atoms with E-state index in [1.807, 2.05) is 45.0 Å². The number of nitrogens with one attached hydrogen (secondary N) is 1. The summed E-state index contributed by atoms with van der Waals surface area (Å²) in [6, 6.07) is 7.79. The maximum Gasteiger partial charge on any atom is 0.189 e. The summed E-state index contributed by atoms with van der Waals surface area (Å²) in [5.41, 5.74) is 6.75. The number of hydrogen-bond acceptors (Lipinski definition) is 2. The maximum atomic E-state index is 5.84. The number of para-hydroxylation sites is 1. The topological polar surface area (TPSA) is 59.6 Å². The standard InChI is InChI=1S/C15H23N3O/c1-5-10-19-13-9-7-6-8-12(13)11-17-14(16)18-15(2,3)4/h5-9H,1,10-11H2,2-4H3,(H3,16,17,18). The third kappa shape index (κ3) is 5.95. The van der Waals surface area contributed by atoms with Crippen LogP contribution in [0.5, 0.6) is 5.75 Å². The molecule has 4 nitrogen and oxygen atoms in total. The lowest BCUT2D eigenvalue weighted by atomic mass is 10.1. The maximum absolute atomic E-state index is 5.84. The van der Waals surface area contributed by atoms with Crippen LogP contribution in [0, 0.1) is 0 Å². The summed E-state index contributed by atoms with van der Waals surface area (Å²) in [4.78, 5) is 4.33. The summed E-state index contributed by atoms with van der Waals surface area (Å²) in [7, 11) is 0. The van der Waals surface area contributed by atoms with Gasteiger partial charge in [0.05, 0.1) is 6.54 Å². The molecule has 1 aromatic rings. The van der Waals surface area contributed by atoms with E-state index in [4.69, 9.17) is 10.5 Å². The molecule has 0 atom stereocenters. The van der Waals surface area contributed by atoms with Crippen LogP contribution in [0.3, 0.4) is 0 Å². The van der Waals surface area contributed by atoms with E-state index in [0.29, 0.717) is 19.1 Å². The number of hydrogen-bond donors (Lipinski definition) is 2. The highest BCUT2D eigenvalue weighted by Gasteiger charge is 2.10. The lowest BCUT2D eigenvalue weighted by Crippen LogP contribution is -2.44. The summed E-state index contributed by atoms with van der Waals surface area (Å²) < 4.78 is 5.57. The van der Waals surface area contributed by atoms with Crippen LogP contribution < -0.4 is 15.8 Å². The molecule has 19 heavy (non-hydrogen) atoms. The third-order valence-electron chi connectivity index (χ3n) is 2.25. The first-order valence-corrected chi connectivity index (χ1v) is 6.32. The molecule has 0 radical (unpaired) electrons. The van der Waals surface area contributed by atoms with Gasteiger partial charge in [0.2, 0.25) is 0 Å². The largest absolute Gasteiger partial charge is 0.489 e. The number of nitrogens with zero attached hydrogens (tertiary/aromatic N) is 1. The van der Waals surface area contributed by atoms with Gasteiger partial charge < -0.3 is 15.8 Å². The van der Waals surface area contributed by atoms with Crippen LogP contribution >= 0.6 is 0 Å². The minimum atomic E-state index is -0.0908. The van der Waals surface area contributed by atoms with Crippen molar-refractivity contribution in [1.82, 2.24) is 5.32 Å². The van der Waals surface area contributed by atoms with Crippen LogP contribution in [-0.2, 0) is 6.54 Å². The lowest BCUT2D eigenvalue weighted by molar-refractivity contribution is 0.359. The van der Waals surface area contributed by atoms with Crippen LogP contribution in [0.25, 0.3) is 0 Å². The van der Waals surface area contributed by atoms with E-state index in [9.17, 15) is 0 Å². The van der Waals surface area contributed by atoms with Gasteiger partial charge in [0.15, 0.2) is 5.96 Å². The van der Waals surface area contributed by atoms with E-state index in [-0.39, 0.29) is 5.54 Å². The second kappa shape index (κ2) is 6.83. The van der Waals surface area contributed by atoms with E-state index in [1.54, 1.807) is 6.08 Å². The van der Waals surface area contributed by atoms with E-state index in [0.717, 1.165) is 11.3 Å². The van der Waals surface area contributed by atoms with E-state index in [1.165, 1.54) is 0 Å². The molecule has 4 heteroatoms. The molecular weight excluding hydrogens is 238 g/mol. The molecule has 3 N–H and O–H groups in total. The Bertz CT molecular complexity index is 447. The van der Waals surface area contributed by atoms with Gasteiger partial charge in [-0.25, -0.2) is 4.99 Å². The Kier molecular flexibility index (Phi) is 5.42. The SMILES string of the molecule is C=CCOc1ccccc1CN=C(N)NC(C)(C)C. The number of ether oxygens (including phenoxy) is 1. The monoisotopic (exact) mass is 261 g/mol.